The number of hydrogen-bond donors (Lipinski definition) is 2. The van der Waals surface area contributed by atoms with E-state index in [0.29, 0.717) is 17.9 Å². The van der Waals surface area contributed by atoms with Crippen LogP contribution in [0.25, 0.3) is 0 Å². The summed E-state index contributed by atoms with van der Waals surface area (Å²) in [4.78, 5) is 10.9. The minimum Gasteiger partial charge on any atom is -0.361 e. The van der Waals surface area contributed by atoms with Crippen LogP contribution in [0.5, 0.6) is 0 Å². The normalized spacial score (nSPS) is 20.0. The fourth-order valence-electron chi connectivity index (χ4n) is 2.50. The molecule has 0 aromatic carbocycles. The van der Waals surface area contributed by atoms with Crippen molar-refractivity contribution >= 4 is 11.5 Å². The molecule has 19 heavy (non-hydrogen) atoms. The lowest BCUT2D eigenvalue weighted by Gasteiger charge is -2.17. The van der Waals surface area contributed by atoms with Gasteiger partial charge in [-0.15, -0.1) is 0 Å². The van der Waals surface area contributed by atoms with Gasteiger partial charge in [-0.2, -0.15) is 5.10 Å². The van der Waals surface area contributed by atoms with E-state index in [1.807, 2.05) is 6.92 Å². The Morgan fingerprint density at radius 2 is 2.37 bits per heavy atom. The summed E-state index contributed by atoms with van der Waals surface area (Å²) in [6.07, 6.45) is 3.88. The molecule has 1 aromatic rings. The minimum absolute atomic E-state index is 0.120. The lowest BCUT2D eigenvalue weighted by atomic mass is 10.1. The molecule has 2 rings (SSSR count). The second kappa shape index (κ2) is 6.01. The molecule has 7 nitrogen and oxygen atoms in total. The van der Waals surface area contributed by atoms with E-state index in [1.165, 1.54) is 0 Å². The average molecular weight is 267 g/mol. The SMILES string of the molecule is CCc1nn(C)c(NC2CCCCNC2)c1[N+](=O)[O-]. The van der Waals surface area contributed by atoms with Crippen molar-refractivity contribution in [2.45, 2.75) is 38.6 Å². The summed E-state index contributed by atoms with van der Waals surface area (Å²) in [5.41, 5.74) is 0.658. The van der Waals surface area contributed by atoms with Gasteiger partial charge >= 0.3 is 5.69 Å². The topological polar surface area (TPSA) is 85.0 Å². The second-order valence-electron chi connectivity index (χ2n) is 4.92. The lowest BCUT2D eigenvalue weighted by molar-refractivity contribution is -0.384. The van der Waals surface area contributed by atoms with Gasteiger partial charge < -0.3 is 10.6 Å². The Morgan fingerprint density at radius 1 is 1.58 bits per heavy atom. The van der Waals surface area contributed by atoms with E-state index in [-0.39, 0.29) is 16.7 Å². The van der Waals surface area contributed by atoms with Crippen molar-refractivity contribution in [2.24, 2.45) is 7.05 Å². The number of nitrogens with one attached hydrogen (secondary N) is 2. The summed E-state index contributed by atoms with van der Waals surface area (Å²) in [5, 5.41) is 22.1. The molecule has 7 heteroatoms. The molecule has 1 fully saturated rings. The van der Waals surface area contributed by atoms with Crippen molar-refractivity contribution in [3.8, 4) is 0 Å². The average Bonchev–Trinajstić information content (AvgIpc) is 2.55. The minimum atomic E-state index is -0.335. The van der Waals surface area contributed by atoms with Crippen LogP contribution in [0.15, 0.2) is 0 Å². The molecule has 1 atom stereocenters. The Balaban J connectivity index is 2.23. The van der Waals surface area contributed by atoms with Crippen LogP contribution in [0.2, 0.25) is 0 Å². The predicted molar refractivity (Wildman–Crippen MR) is 73.4 cm³/mol. The molecule has 0 radical (unpaired) electrons. The molecule has 1 aliphatic heterocycles. The van der Waals surface area contributed by atoms with E-state index in [0.717, 1.165) is 32.4 Å². The molecular formula is C12H21N5O2. The molecule has 0 spiro atoms. The second-order valence-corrected chi connectivity index (χ2v) is 4.92. The summed E-state index contributed by atoms with van der Waals surface area (Å²) >= 11 is 0. The van der Waals surface area contributed by atoms with Crippen molar-refractivity contribution in [2.75, 3.05) is 18.4 Å². The standard InChI is InChI=1S/C12H21N5O2/c1-3-10-11(17(18)19)12(16(2)15-10)14-9-6-4-5-7-13-8-9/h9,13-14H,3-8H2,1-2H3. The highest BCUT2D eigenvalue weighted by Crippen LogP contribution is 2.29. The Bertz CT molecular complexity index is 449. The van der Waals surface area contributed by atoms with E-state index >= 15 is 0 Å². The summed E-state index contributed by atoms with van der Waals surface area (Å²) < 4.78 is 1.59. The fourth-order valence-corrected chi connectivity index (χ4v) is 2.50. The molecule has 1 aromatic heterocycles. The molecule has 0 saturated carbocycles. The number of rotatable bonds is 4. The highest BCUT2D eigenvalue weighted by Gasteiger charge is 2.27. The van der Waals surface area contributed by atoms with Crippen LogP contribution in [0, 0.1) is 10.1 Å². The van der Waals surface area contributed by atoms with Crippen molar-refractivity contribution < 1.29 is 4.92 Å². The highest BCUT2D eigenvalue weighted by molar-refractivity contribution is 5.60. The van der Waals surface area contributed by atoms with E-state index in [1.54, 1.807) is 11.7 Å². The van der Waals surface area contributed by atoms with Crippen molar-refractivity contribution in [3.63, 3.8) is 0 Å². The lowest BCUT2D eigenvalue weighted by Crippen LogP contribution is -2.31. The largest absolute Gasteiger partial charge is 0.361 e. The van der Waals surface area contributed by atoms with Crippen molar-refractivity contribution in [1.82, 2.24) is 15.1 Å². The number of hydrogen-bond acceptors (Lipinski definition) is 5. The maximum absolute atomic E-state index is 11.2. The van der Waals surface area contributed by atoms with E-state index in [2.05, 4.69) is 15.7 Å². The van der Waals surface area contributed by atoms with Crippen LogP contribution in [0.4, 0.5) is 11.5 Å². The molecule has 1 aliphatic rings. The van der Waals surface area contributed by atoms with Gasteiger partial charge in [-0.05, 0) is 25.8 Å². The van der Waals surface area contributed by atoms with Gasteiger partial charge in [0, 0.05) is 19.6 Å². The number of nitro groups is 1. The number of aryl methyl sites for hydroxylation is 2. The third-order valence-electron chi connectivity index (χ3n) is 3.50. The van der Waals surface area contributed by atoms with Gasteiger partial charge in [0.1, 0.15) is 5.69 Å². The maximum Gasteiger partial charge on any atom is 0.333 e. The highest BCUT2D eigenvalue weighted by atomic mass is 16.6. The summed E-state index contributed by atoms with van der Waals surface area (Å²) in [6.45, 7) is 3.74. The summed E-state index contributed by atoms with van der Waals surface area (Å²) in [6, 6.07) is 0.223. The molecule has 2 heterocycles. The fraction of sp³-hybridized carbons (Fsp3) is 0.750. The van der Waals surface area contributed by atoms with Crippen LogP contribution in [-0.2, 0) is 13.5 Å². The Hall–Kier alpha value is -1.63. The van der Waals surface area contributed by atoms with Gasteiger partial charge in [0.15, 0.2) is 0 Å². The van der Waals surface area contributed by atoms with Gasteiger partial charge in [-0.1, -0.05) is 13.3 Å². The van der Waals surface area contributed by atoms with Gasteiger partial charge in [0.25, 0.3) is 0 Å². The van der Waals surface area contributed by atoms with Gasteiger partial charge in [0.2, 0.25) is 5.82 Å². The maximum atomic E-state index is 11.2. The van der Waals surface area contributed by atoms with Gasteiger partial charge in [-0.25, -0.2) is 4.68 Å². The van der Waals surface area contributed by atoms with Crippen LogP contribution >= 0.6 is 0 Å². The molecule has 1 saturated heterocycles. The summed E-state index contributed by atoms with van der Waals surface area (Å²) in [5.74, 6) is 0.524. The van der Waals surface area contributed by atoms with Gasteiger partial charge in [-0.3, -0.25) is 10.1 Å². The first kappa shape index (κ1) is 13.8. The summed E-state index contributed by atoms with van der Waals surface area (Å²) in [7, 11) is 1.75. The van der Waals surface area contributed by atoms with E-state index in [9.17, 15) is 10.1 Å². The zero-order chi connectivity index (χ0) is 13.8. The first-order chi connectivity index (χ1) is 9.13. The third kappa shape index (κ3) is 3.04. The number of aromatic nitrogens is 2. The van der Waals surface area contributed by atoms with Crippen molar-refractivity contribution in [1.29, 1.82) is 0 Å². The van der Waals surface area contributed by atoms with E-state index in [4.69, 9.17) is 0 Å². The van der Waals surface area contributed by atoms with Crippen LogP contribution in [0.1, 0.15) is 31.9 Å². The molecule has 0 amide bonds. The first-order valence-corrected chi connectivity index (χ1v) is 6.81. The Kier molecular flexibility index (Phi) is 4.36. The molecule has 2 N–H and O–H groups in total. The number of anilines is 1. The van der Waals surface area contributed by atoms with Crippen LogP contribution < -0.4 is 10.6 Å². The monoisotopic (exact) mass is 267 g/mol. The molecule has 0 aliphatic carbocycles. The van der Waals surface area contributed by atoms with Crippen LogP contribution in [-0.4, -0.2) is 33.8 Å². The zero-order valence-electron chi connectivity index (χ0n) is 11.5. The molecule has 0 bridgehead atoms. The quantitative estimate of drug-likeness (QED) is 0.637. The Morgan fingerprint density at radius 3 is 3.05 bits per heavy atom. The Labute approximate surface area is 112 Å². The predicted octanol–water partition coefficient (Wildman–Crippen LogP) is 1.44. The van der Waals surface area contributed by atoms with Crippen LogP contribution in [0.3, 0.4) is 0 Å². The zero-order valence-corrected chi connectivity index (χ0v) is 11.5. The van der Waals surface area contributed by atoms with Crippen molar-refractivity contribution in [3.05, 3.63) is 15.8 Å². The smallest absolute Gasteiger partial charge is 0.333 e. The number of nitrogens with zero attached hydrogens (tertiary/aromatic N) is 3. The third-order valence-corrected chi connectivity index (χ3v) is 3.50. The van der Waals surface area contributed by atoms with E-state index < -0.39 is 0 Å². The molecule has 106 valence electrons. The first-order valence-electron chi connectivity index (χ1n) is 6.81. The molecule has 1 unspecified atom stereocenters. The molecular weight excluding hydrogens is 246 g/mol. The van der Waals surface area contributed by atoms with Gasteiger partial charge in [0.05, 0.1) is 4.92 Å².